The molecule has 0 bridgehead atoms. The molecule has 0 aliphatic rings. The van der Waals surface area contributed by atoms with Gasteiger partial charge in [-0.05, 0) is 26.0 Å². The molecule has 0 aliphatic carbocycles. The van der Waals surface area contributed by atoms with Crippen LogP contribution in [-0.2, 0) is 11.3 Å². The molecule has 1 heterocycles. The first kappa shape index (κ1) is 11.7. The highest BCUT2D eigenvalue weighted by molar-refractivity contribution is 5.81. The Kier molecular flexibility index (Phi) is 3.80. The number of aromatic nitrogens is 1. The molecule has 0 saturated heterocycles. The maximum atomic E-state index is 11.7. The van der Waals surface area contributed by atoms with Crippen molar-refractivity contribution in [1.29, 1.82) is 0 Å². The molecule has 4 nitrogen and oxygen atoms in total. The van der Waals surface area contributed by atoms with E-state index in [-0.39, 0.29) is 5.91 Å². The van der Waals surface area contributed by atoms with Crippen LogP contribution in [0.1, 0.15) is 19.5 Å². The van der Waals surface area contributed by atoms with E-state index >= 15 is 0 Å². The van der Waals surface area contributed by atoms with Crippen LogP contribution in [-0.4, -0.2) is 17.4 Å². The Labute approximate surface area is 89.9 Å². The minimum absolute atomic E-state index is 0.0457. The molecule has 1 aromatic rings. The molecular formula is C11H17N3O. The minimum Gasteiger partial charge on any atom is -0.350 e. The van der Waals surface area contributed by atoms with Gasteiger partial charge in [-0.2, -0.15) is 0 Å². The summed E-state index contributed by atoms with van der Waals surface area (Å²) < 4.78 is 0. The van der Waals surface area contributed by atoms with Crippen molar-refractivity contribution in [2.75, 3.05) is 6.54 Å². The van der Waals surface area contributed by atoms with Crippen LogP contribution in [0.25, 0.3) is 0 Å². The van der Waals surface area contributed by atoms with Gasteiger partial charge >= 0.3 is 0 Å². The molecule has 0 aliphatic heterocycles. The first-order valence-electron chi connectivity index (χ1n) is 4.94. The lowest BCUT2D eigenvalue weighted by molar-refractivity contribution is -0.129. The van der Waals surface area contributed by atoms with Crippen LogP contribution in [0, 0.1) is 5.41 Å². The summed E-state index contributed by atoms with van der Waals surface area (Å²) in [4.78, 5) is 15.8. The topological polar surface area (TPSA) is 68.0 Å². The highest BCUT2D eigenvalue weighted by Gasteiger charge is 2.25. The normalized spacial score (nSPS) is 11.1. The molecule has 0 fully saturated rings. The third kappa shape index (κ3) is 3.32. The van der Waals surface area contributed by atoms with E-state index in [0.717, 1.165) is 5.69 Å². The molecule has 15 heavy (non-hydrogen) atoms. The van der Waals surface area contributed by atoms with Gasteiger partial charge in [-0.25, -0.2) is 0 Å². The number of hydrogen-bond donors (Lipinski definition) is 2. The summed E-state index contributed by atoms with van der Waals surface area (Å²) in [5, 5.41) is 2.81. The van der Waals surface area contributed by atoms with Crippen LogP contribution in [0.3, 0.4) is 0 Å². The van der Waals surface area contributed by atoms with Gasteiger partial charge in [-0.15, -0.1) is 0 Å². The highest BCUT2D eigenvalue weighted by Crippen LogP contribution is 2.12. The quantitative estimate of drug-likeness (QED) is 0.763. The monoisotopic (exact) mass is 207 g/mol. The number of nitrogens with one attached hydrogen (secondary N) is 1. The molecule has 0 saturated carbocycles. The van der Waals surface area contributed by atoms with E-state index in [9.17, 15) is 4.79 Å². The number of hydrogen-bond acceptors (Lipinski definition) is 3. The van der Waals surface area contributed by atoms with E-state index < -0.39 is 5.41 Å². The summed E-state index contributed by atoms with van der Waals surface area (Å²) in [5.74, 6) is -0.0457. The third-order valence-electron chi connectivity index (χ3n) is 2.28. The van der Waals surface area contributed by atoms with Crippen molar-refractivity contribution < 1.29 is 4.79 Å². The summed E-state index contributed by atoms with van der Waals surface area (Å²) >= 11 is 0. The van der Waals surface area contributed by atoms with Gasteiger partial charge < -0.3 is 11.1 Å². The van der Waals surface area contributed by atoms with Crippen LogP contribution < -0.4 is 11.1 Å². The first-order chi connectivity index (χ1) is 7.06. The Morgan fingerprint density at radius 3 is 2.80 bits per heavy atom. The smallest absolute Gasteiger partial charge is 0.227 e. The first-order valence-corrected chi connectivity index (χ1v) is 4.94. The molecular weight excluding hydrogens is 190 g/mol. The summed E-state index contributed by atoms with van der Waals surface area (Å²) in [6.07, 6.45) is 1.70. The molecule has 0 atom stereocenters. The molecule has 1 aromatic heterocycles. The lowest BCUT2D eigenvalue weighted by atomic mass is 9.93. The van der Waals surface area contributed by atoms with E-state index in [1.165, 1.54) is 0 Å². The van der Waals surface area contributed by atoms with Gasteiger partial charge in [0.1, 0.15) is 0 Å². The number of nitrogens with zero attached hydrogens (tertiary/aromatic N) is 1. The fourth-order valence-corrected chi connectivity index (χ4v) is 1.01. The number of amides is 1. The fraction of sp³-hybridized carbons (Fsp3) is 0.455. The standard InChI is InChI=1S/C11H17N3O/c1-11(2,8-12)10(15)14-7-9-5-3-4-6-13-9/h3-6H,7-8,12H2,1-2H3,(H,14,15). The average molecular weight is 207 g/mol. The van der Waals surface area contributed by atoms with Gasteiger partial charge in [0.15, 0.2) is 0 Å². The zero-order valence-corrected chi connectivity index (χ0v) is 9.16. The zero-order chi connectivity index (χ0) is 11.3. The van der Waals surface area contributed by atoms with E-state index in [2.05, 4.69) is 10.3 Å². The van der Waals surface area contributed by atoms with Crippen LogP contribution in [0.4, 0.5) is 0 Å². The van der Waals surface area contributed by atoms with Crippen LogP contribution in [0.5, 0.6) is 0 Å². The van der Waals surface area contributed by atoms with Crippen molar-refractivity contribution in [3.8, 4) is 0 Å². The second-order valence-corrected chi connectivity index (χ2v) is 4.09. The molecule has 0 aromatic carbocycles. The Bertz CT molecular complexity index is 322. The Morgan fingerprint density at radius 1 is 1.53 bits per heavy atom. The van der Waals surface area contributed by atoms with Crippen molar-refractivity contribution >= 4 is 5.91 Å². The predicted octanol–water partition coefficient (Wildman–Crippen LogP) is 0.683. The molecule has 0 spiro atoms. The summed E-state index contributed by atoms with van der Waals surface area (Å²) in [6.45, 7) is 4.42. The van der Waals surface area contributed by atoms with Crippen molar-refractivity contribution in [3.63, 3.8) is 0 Å². The van der Waals surface area contributed by atoms with Crippen molar-refractivity contribution in [1.82, 2.24) is 10.3 Å². The molecule has 1 rings (SSSR count). The largest absolute Gasteiger partial charge is 0.350 e. The third-order valence-corrected chi connectivity index (χ3v) is 2.28. The maximum Gasteiger partial charge on any atom is 0.227 e. The number of carbonyl (C=O) groups is 1. The summed E-state index contributed by atoms with van der Waals surface area (Å²) in [7, 11) is 0. The second-order valence-electron chi connectivity index (χ2n) is 4.09. The average Bonchev–Trinajstić information content (AvgIpc) is 2.27. The number of pyridine rings is 1. The number of nitrogens with two attached hydrogens (primary N) is 1. The zero-order valence-electron chi connectivity index (χ0n) is 9.16. The van der Waals surface area contributed by atoms with E-state index in [4.69, 9.17) is 5.73 Å². The fourth-order valence-electron chi connectivity index (χ4n) is 1.01. The van der Waals surface area contributed by atoms with Gasteiger partial charge in [0, 0.05) is 12.7 Å². The SMILES string of the molecule is CC(C)(CN)C(=O)NCc1ccccn1. The predicted molar refractivity (Wildman–Crippen MR) is 58.9 cm³/mol. The summed E-state index contributed by atoms with van der Waals surface area (Å²) in [5.41, 5.74) is 5.83. The number of carbonyl (C=O) groups excluding carboxylic acids is 1. The van der Waals surface area contributed by atoms with E-state index in [0.29, 0.717) is 13.1 Å². The van der Waals surface area contributed by atoms with Gasteiger partial charge in [-0.1, -0.05) is 6.07 Å². The van der Waals surface area contributed by atoms with Crippen molar-refractivity contribution in [3.05, 3.63) is 30.1 Å². The second kappa shape index (κ2) is 4.89. The van der Waals surface area contributed by atoms with Crippen LogP contribution >= 0.6 is 0 Å². The van der Waals surface area contributed by atoms with E-state index in [1.807, 2.05) is 32.0 Å². The van der Waals surface area contributed by atoms with Crippen LogP contribution in [0.15, 0.2) is 24.4 Å². The molecule has 1 amide bonds. The molecule has 0 unspecified atom stereocenters. The van der Waals surface area contributed by atoms with Gasteiger partial charge in [0.05, 0.1) is 17.7 Å². The Morgan fingerprint density at radius 2 is 2.27 bits per heavy atom. The van der Waals surface area contributed by atoms with Gasteiger partial charge in [-0.3, -0.25) is 9.78 Å². The maximum absolute atomic E-state index is 11.7. The molecule has 0 radical (unpaired) electrons. The van der Waals surface area contributed by atoms with Gasteiger partial charge in [0.25, 0.3) is 0 Å². The van der Waals surface area contributed by atoms with Crippen molar-refractivity contribution in [2.24, 2.45) is 11.1 Å². The highest BCUT2D eigenvalue weighted by atomic mass is 16.2. The minimum atomic E-state index is -0.519. The molecule has 4 heteroatoms. The summed E-state index contributed by atoms with van der Waals surface area (Å²) in [6, 6.07) is 5.60. The van der Waals surface area contributed by atoms with Crippen LogP contribution in [0.2, 0.25) is 0 Å². The molecule has 82 valence electrons. The van der Waals surface area contributed by atoms with Gasteiger partial charge in [0.2, 0.25) is 5.91 Å². The Hall–Kier alpha value is -1.42. The van der Waals surface area contributed by atoms with Crippen molar-refractivity contribution in [2.45, 2.75) is 20.4 Å². The lowest BCUT2D eigenvalue weighted by Gasteiger charge is -2.20. The Balaban J connectivity index is 2.48. The lowest BCUT2D eigenvalue weighted by Crippen LogP contribution is -2.41. The number of rotatable bonds is 4. The van der Waals surface area contributed by atoms with E-state index in [1.54, 1.807) is 6.20 Å². The molecule has 3 N–H and O–H groups in total.